The number of fused-ring (bicyclic) bond motifs is 1. The van der Waals surface area contributed by atoms with Gasteiger partial charge in [-0.15, -0.1) is 15.3 Å². The Labute approximate surface area is 119 Å². The Hall–Kier alpha value is -1.90. The summed E-state index contributed by atoms with van der Waals surface area (Å²) < 4.78 is 39.4. The lowest BCUT2D eigenvalue weighted by atomic mass is 10.2. The van der Waals surface area contributed by atoms with Crippen molar-refractivity contribution >= 4 is 11.5 Å². The van der Waals surface area contributed by atoms with Gasteiger partial charge < -0.3 is 10.2 Å². The summed E-state index contributed by atoms with van der Waals surface area (Å²) >= 11 is 0. The van der Waals surface area contributed by atoms with Crippen molar-refractivity contribution in [1.29, 1.82) is 0 Å². The maximum Gasteiger partial charge on any atom is 0.453 e. The van der Waals surface area contributed by atoms with Gasteiger partial charge in [0, 0.05) is 19.1 Å². The van der Waals surface area contributed by atoms with Crippen molar-refractivity contribution in [2.75, 3.05) is 25.0 Å². The second kappa shape index (κ2) is 5.14. The van der Waals surface area contributed by atoms with Crippen molar-refractivity contribution in [2.24, 2.45) is 0 Å². The molecule has 1 fully saturated rings. The van der Waals surface area contributed by atoms with Crippen LogP contribution in [0.1, 0.15) is 18.7 Å². The Kier molecular flexibility index (Phi) is 3.44. The number of likely N-dealkylation sites (N-methyl/N-ethyl adjacent to an activating group) is 1. The molecule has 1 unspecified atom stereocenters. The molecule has 2 aromatic heterocycles. The van der Waals surface area contributed by atoms with Gasteiger partial charge in [-0.25, -0.2) is 0 Å². The Balaban J connectivity index is 2.00. The van der Waals surface area contributed by atoms with Crippen LogP contribution in [0, 0.1) is 0 Å². The topological polar surface area (TPSA) is 58.3 Å². The number of rotatable bonds is 3. The number of hydrogen-bond donors (Lipinski definition) is 1. The van der Waals surface area contributed by atoms with E-state index in [0.29, 0.717) is 5.82 Å². The van der Waals surface area contributed by atoms with E-state index >= 15 is 0 Å². The van der Waals surface area contributed by atoms with Crippen LogP contribution in [0.15, 0.2) is 12.1 Å². The smallest absolute Gasteiger partial charge is 0.351 e. The van der Waals surface area contributed by atoms with Crippen molar-refractivity contribution in [3.8, 4) is 0 Å². The minimum Gasteiger partial charge on any atom is -0.351 e. The lowest BCUT2D eigenvalue weighted by Gasteiger charge is -2.25. The van der Waals surface area contributed by atoms with Crippen LogP contribution < -0.4 is 10.2 Å². The van der Waals surface area contributed by atoms with Gasteiger partial charge in [-0.05, 0) is 32.0 Å². The first-order chi connectivity index (χ1) is 10.0. The Bertz CT molecular complexity index is 637. The number of aromatic nitrogens is 4. The molecule has 0 aromatic carbocycles. The van der Waals surface area contributed by atoms with Crippen molar-refractivity contribution in [2.45, 2.75) is 25.1 Å². The van der Waals surface area contributed by atoms with Gasteiger partial charge in [-0.3, -0.25) is 0 Å². The highest BCUT2D eigenvalue weighted by Crippen LogP contribution is 2.29. The third kappa shape index (κ3) is 2.53. The van der Waals surface area contributed by atoms with E-state index in [0.717, 1.165) is 30.4 Å². The molecule has 1 N–H and O–H groups in total. The largest absolute Gasteiger partial charge is 0.453 e. The van der Waals surface area contributed by atoms with Gasteiger partial charge in [0.15, 0.2) is 5.65 Å². The summed E-state index contributed by atoms with van der Waals surface area (Å²) in [5.74, 6) is -0.575. The zero-order valence-electron chi connectivity index (χ0n) is 11.4. The van der Waals surface area contributed by atoms with E-state index in [9.17, 15) is 13.2 Å². The molecule has 3 rings (SSSR count). The molecule has 2 aromatic rings. The Morgan fingerprint density at radius 2 is 2.14 bits per heavy atom. The molecule has 0 radical (unpaired) electrons. The first-order valence-electron chi connectivity index (χ1n) is 6.71. The summed E-state index contributed by atoms with van der Waals surface area (Å²) in [4.78, 5) is 2.02. The Morgan fingerprint density at radius 3 is 2.86 bits per heavy atom. The maximum absolute atomic E-state index is 12.9. The summed E-state index contributed by atoms with van der Waals surface area (Å²) in [6.07, 6.45) is -2.57. The highest BCUT2D eigenvalue weighted by Gasteiger charge is 2.38. The first-order valence-corrected chi connectivity index (χ1v) is 6.71. The first kappa shape index (κ1) is 14.1. The van der Waals surface area contributed by atoms with Gasteiger partial charge in [0.05, 0.1) is 0 Å². The van der Waals surface area contributed by atoms with E-state index in [1.807, 2.05) is 11.9 Å². The van der Waals surface area contributed by atoms with E-state index in [-0.39, 0.29) is 11.7 Å². The summed E-state index contributed by atoms with van der Waals surface area (Å²) in [6.45, 7) is 1.56. The molecule has 3 heterocycles. The molecule has 0 bridgehead atoms. The molecule has 1 atom stereocenters. The van der Waals surface area contributed by atoms with Gasteiger partial charge in [0.25, 0.3) is 5.82 Å². The van der Waals surface area contributed by atoms with Crippen LogP contribution >= 0.6 is 0 Å². The molecule has 1 aliphatic rings. The van der Waals surface area contributed by atoms with Crippen LogP contribution in [0.25, 0.3) is 5.65 Å². The normalized spacial score (nSPS) is 19.6. The molecular weight excluding hydrogens is 285 g/mol. The van der Waals surface area contributed by atoms with Crippen LogP contribution in [-0.2, 0) is 6.18 Å². The standard InChI is InChI=1S/C12H15F3N6/c1-16-7-8-3-2-6-20(8)10-5-4-9-17-18-11(12(13,14)15)21(9)19-10/h4-5,8,16H,2-3,6-7H2,1H3. The SMILES string of the molecule is CNCC1CCCN1c1ccc2nnc(C(F)(F)F)n2n1. The second-order valence-electron chi connectivity index (χ2n) is 5.03. The van der Waals surface area contributed by atoms with Gasteiger partial charge in [0.1, 0.15) is 5.82 Å². The zero-order valence-corrected chi connectivity index (χ0v) is 11.4. The highest BCUT2D eigenvalue weighted by atomic mass is 19.4. The Morgan fingerprint density at radius 1 is 1.33 bits per heavy atom. The molecule has 0 aliphatic carbocycles. The highest BCUT2D eigenvalue weighted by molar-refractivity contribution is 5.47. The average molecular weight is 300 g/mol. The number of halogens is 3. The molecule has 0 spiro atoms. The fourth-order valence-electron chi connectivity index (χ4n) is 2.69. The number of nitrogens with zero attached hydrogens (tertiary/aromatic N) is 5. The summed E-state index contributed by atoms with van der Waals surface area (Å²) in [6, 6.07) is 3.45. The number of nitrogens with one attached hydrogen (secondary N) is 1. The molecule has 21 heavy (non-hydrogen) atoms. The molecule has 9 heteroatoms. The van der Waals surface area contributed by atoms with Crippen molar-refractivity contribution < 1.29 is 13.2 Å². The third-order valence-corrected chi connectivity index (χ3v) is 3.61. The second-order valence-corrected chi connectivity index (χ2v) is 5.03. The van der Waals surface area contributed by atoms with E-state index < -0.39 is 12.0 Å². The quantitative estimate of drug-likeness (QED) is 0.927. The van der Waals surface area contributed by atoms with Gasteiger partial charge >= 0.3 is 6.18 Å². The minimum atomic E-state index is -4.57. The molecule has 0 saturated carbocycles. The summed E-state index contributed by atoms with van der Waals surface area (Å²) in [5, 5.41) is 13.9. The summed E-state index contributed by atoms with van der Waals surface area (Å²) in [5.41, 5.74) is 0.0930. The fraction of sp³-hybridized carbons (Fsp3) is 0.583. The van der Waals surface area contributed by atoms with Gasteiger partial charge in [-0.2, -0.15) is 17.7 Å². The van der Waals surface area contributed by atoms with E-state index in [4.69, 9.17) is 0 Å². The van der Waals surface area contributed by atoms with E-state index in [2.05, 4.69) is 20.6 Å². The summed E-state index contributed by atoms with van der Waals surface area (Å²) in [7, 11) is 1.86. The molecule has 1 aliphatic heterocycles. The van der Waals surface area contributed by atoms with E-state index in [1.165, 1.54) is 6.07 Å². The van der Waals surface area contributed by atoms with Crippen molar-refractivity contribution in [1.82, 2.24) is 25.1 Å². The fourth-order valence-corrected chi connectivity index (χ4v) is 2.69. The lowest BCUT2D eigenvalue weighted by Crippen LogP contribution is -2.37. The maximum atomic E-state index is 12.9. The number of anilines is 1. The number of hydrogen-bond acceptors (Lipinski definition) is 5. The van der Waals surface area contributed by atoms with Crippen LogP contribution in [0.2, 0.25) is 0 Å². The van der Waals surface area contributed by atoms with Crippen molar-refractivity contribution in [3.05, 3.63) is 18.0 Å². The van der Waals surface area contributed by atoms with Gasteiger partial charge in [0.2, 0.25) is 0 Å². The molecule has 114 valence electrons. The predicted molar refractivity (Wildman–Crippen MR) is 70.1 cm³/mol. The van der Waals surface area contributed by atoms with Crippen LogP contribution in [-0.4, -0.2) is 46.0 Å². The molecular formula is C12H15F3N6. The average Bonchev–Trinajstić information content (AvgIpc) is 3.03. The number of alkyl halides is 3. The third-order valence-electron chi connectivity index (χ3n) is 3.61. The van der Waals surface area contributed by atoms with Crippen LogP contribution in [0.3, 0.4) is 0 Å². The predicted octanol–water partition coefficient (Wildman–Crippen LogP) is 1.33. The molecule has 6 nitrogen and oxygen atoms in total. The van der Waals surface area contributed by atoms with Crippen molar-refractivity contribution in [3.63, 3.8) is 0 Å². The monoisotopic (exact) mass is 300 g/mol. The molecule has 1 saturated heterocycles. The van der Waals surface area contributed by atoms with E-state index in [1.54, 1.807) is 6.07 Å². The van der Waals surface area contributed by atoms with Crippen LogP contribution in [0.5, 0.6) is 0 Å². The zero-order chi connectivity index (χ0) is 15.0. The molecule has 0 amide bonds. The minimum absolute atomic E-state index is 0.0930. The lowest BCUT2D eigenvalue weighted by molar-refractivity contribution is -0.146. The van der Waals surface area contributed by atoms with Crippen LogP contribution in [0.4, 0.5) is 19.0 Å². The van der Waals surface area contributed by atoms with Gasteiger partial charge in [-0.1, -0.05) is 0 Å².